The van der Waals surface area contributed by atoms with Crippen LogP contribution in [0.4, 0.5) is 5.69 Å². The highest BCUT2D eigenvalue weighted by molar-refractivity contribution is 5.30. The summed E-state index contributed by atoms with van der Waals surface area (Å²) in [6.07, 6.45) is 9.54. The first-order chi connectivity index (χ1) is 8.81. The minimum atomic E-state index is 0.482. The molecule has 1 fully saturated rings. The quantitative estimate of drug-likeness (QED) is 0.848. The van der Waals surface area contributed by atoms with E-state index in [4.69, 9.17) is 5.73 Å². The van der Waals surface area contributed by atoms with Crippen LogP contribution in [0.15, 0.2) is 24.8 Å². The fourth-order valence-electron chi connectivity index (χ4n) is 2.49. The van der Waals surface area contributed by atoms with Gasteiger partial charge in [0.15, 0.2) is 0 Å². The number of rotatable bonds is 3. The van der Waals surface area contributed by atoms with Gasteiger partial charge in [-0.1, -0.05) is 0 Å². The molecule has 3 N–H and O–H groups in total. The molecule has 2 aromatic heterocycles. The third kappa shape index (κ3) is 2.38. The van der Waals surface area contributed by atoms with Gasteiger partial charge in [0.2, 0.25) is 0 Å². The van der Waals surface area contributed by atoms with Crippen molar-refractivity contribution < 1.29 is 0 Å². The molecular formula is C12H18N6. The van der Waals surface area contributed by atoms with Crippen molar-refractivity contribution in [1.29, 1.82) is 0 Å². The molecule has 0 radical (unpaired) electrons. The van der Waals surface area contributed by atoms with Gasteiger partial charge in [0, 0.05) is 31.7 Å². The van der Waals surface area contributed by atoms with Crippen LogP contribution in [0.3, 0.4) is 0 Å². The standard InChI is InChI=1S/C12H18N6/c13-10-7-16-18(8-10)11-1-5-17(6-2-11)9-12-14-3-4-15-12/h3-4,7-8,11H,1-2,5-6,9,13H2,(H,14,15). The Labute approximate surface area is 106 Å². The number of nitrogens with zero attached hydrogens (tertiary/aromatic N) is 4. The van der Waals surface area contributed by atoms with Gasteiger partial charge in [0.05, 0.1) is 24.5 Å². The zero-order valence-corrected chi connectivity index (χ0v) is 10.3. The van der Waals surface area contributed by atoms with Crippen molar-refractivity contribution in [2.75, 3.05) is 18.8 Å². The summed E-state index contributed by atoms with van der Waals surface area (Å²) >= 11 is 0. The predicted molar refractivity (Wildman–Crippen MR) is 68.8 cm³/mol. The third-order valence-electron chi connectivity index (χ3n) is 3.48. The van der Waals surface area contributed by atoms with Gasteiger partial charge in [-0.2, -0.15) is 5.10 Å². The number of H-pyrrole nitrogens is 1. The molecule has 3 rings (SSSR count). The van der Waals surface area contributed by atoms with E-state index >= 15 is 0 Å². The first kappa shape index (κ1) is 11.3. The van der Waals surface area contributed by atoms with E-state index in [1.54, 1.807) is 12.4 Å². The Balaban J connectivity index is 1.55. The van der Waals surface area contributed by atoms with Crippen LogP contribution >= 0.6 is 0 Å². The smallest absolute Gasteiger partial charge is 0.120 e. The van der Waals surface area contributed by atoms with E-state index in [9.17, 15) is 0 Å². The van der Waals surface area contributed by atoms with Crippen LogP contribution < -0.4 is 5.73 Å². The van der Waals surface area contributed by atoms with Gasteiger partial charge in [-0.3, -0.25) is 9.58 Å². The number of piperidine rings is 1. The third-order valence-corrected chi connectivity index (χ3v) is 3.48. The van der Waals surface area contributed by atoms with Gasteiger partial charge < -0.3 is 10.7 Å². The Hall–Kier alpha value is -1.82. The molecule has 0 atom stereocenters. The van der Waals surface area contributed by atoms with Crippen LogP contribution in [0, 0.1) is 0 Å². The van der Waals surface area contributed by atoms with Crippen LogP contribution in [0.1, 0.15) is 24.7 Å². The Kier molecular flexibility index (Phi) is 3.02. The lowest BCUT2D eigenvalue weighted by atomic mass is 10.1. The highest BCUT2D eigenvalue weighted by Crippen LogP contribution is 2.23. The lowest BCUT2D eigenvalue weighted by Crippen LogP contribution is -2.34. The largest absolute Gasteiger partial charge is 0.396 e. The molecule has 0 spiro atoms. The lowest BCUT2D eigenvalue weighted by molar-refractivity contribution is 0.170. The molecule has 0 aromatic carbocycles. The van der Waals surface area contributed by atoms with E-state index in [0.29, 0.717) is 6.04 Å². The first-order valence-electron chi connectivity index (χ1n) is 6.31. The van der Waals surface area contributed by atoms with Crippen LogP contribution in [-0.4, -0.2) is 37.7 Å². The van der Waals surface area contributed by atoms with Crippen molar-refractivity contribution in [2.45, 2.75) is 25.4 Å². The summed E-state index contributed by atoms with van der Waals surface area (Å²) in [6, 6.07) is 0.482. The Bertz CT molecular complexity index is 480. The van der Waals surface area contributed by atoms with Crippen molar-refractivity contribution in [3.8, 4) is 0 Å². The van der Waals surface area contributed by atoms with E-state index in [-0.39, 0.29) is 0 Å². The number of imidazole rings is 1. The second-order valence-corrected chi connectivity index (χ2v) is 4.80. The van der Waals surface area contributed by atoms with Gasteiger partial charge in [-0.15, -0.1) is 0 Å². The Morgan fingerprint density at radius 1 is 1.39 bits per heavy atom. The zero-order valence-electron chi connectivity index (χ0n) is 10.3. The molecule has 3 heterocycles. The van der Waals surface area contributed by atoms with Crippen molar-refractivity contribution in [3.63, 3.8) is 0 Å². The molecule has 18 heavy (non-hydrogen) atoms. The number of nitrogens with one attached hydrogen (secondary N) is 1. The van der Waals surface area contributed by atoms with E-state index in [1.807, 2.05) is 17.1 Å². The summed E-state index contributed by atoms with van der Waals surface area (Å²) in [7, 11) is 0. The second-order valence-electron chi connectivity index (χ2n) is 4.80. The molecule has 1 aliphatic rings. The maximum atomic E-state index is 5.70. The van der Waals surface area contributed by atoms with Crippen LogP contribution in [0.5, 0.6) is 0 Å². The predicted octanol–water partition coefficient (Wildman–Crippen LogP) is 1.03. The van der Waals surface area contributed by atoms with Gasteiger partial charge >= 0.3 is 0 Å². The molecule has 0 saturated carbocycles. The van der Waals surface area contributed by atoms with Crippen LogP contribution in [0.2, 0.25) is 0 Å². The number of aromatic amines is 1. The van der Waals surface area contributed by atoms with Crippen molar-refractivity contribution in [3.05, 3.63) is 30.6 Å². The van der Waals surface area contributed by atoms with Crippen molar-refractivity contribution >= 4 is 5.69 Å². The zero-order chi connectivity index (χ0) is 12.4. The summed E-state index contributed by atoms with van der Waals surface area (Å²) in [5.41, 5.74) is 6.44. The summed E-state index contributed by atoms with van der Waals surface area (Å²) in [5.74, 6) is 1.04. The highest BCUT2D eigenvalue weighted by Gasteiger charge is 2.21. The summed E-state index contributed by atoms with van der Waals surface area (Å²) in [6.45, 7) is 3.05. The molecule has 96 valence electrons. The lowest BCUT2D eigenvalue weighted by Gasteiger charge is -2.31. The molecule has 0 unspecified atom stereocenters. The molecule has 2 aromatic rings. The maximum Gasteiger partial charge on any atom is 0.120 e. The minimum Gasteiger partial charge on any atom is -0.396 e. The fraction of sp³-hybridized carbons (Fsp3) is 0.500. The van der Waals surface area contributed by atoms with Crippen molar-refractivity contribution in [1.82, 2.24) is 24.6 Å². The SMILES string of the molecule is Nc1cnn(C2CCN(Cc3ncc[nH]3)CC2)c1. The molecule has 0 amide bonds. The number of anilines is 1. The van der Waals surface area contributed by atoms with Gasteiger partial charge in [0.1, 0.15) is 5.82 Å². The molecule has 0 aliphatic carbocycles. The highest BCUT2D eigenvalue weighted by atomic mass is 15.3. The van der Waals surface area contributed by atoms with E-state index in [0.717, 1.165) is 44.0 Å². The van der Waals surface area contributed by atoms with Gasteiger partial charge in [-0.25, -0.2) is 4.98 Å². The number of likely N-dealkylation sites (tertiary alicyclic amines) is 1. The van der Waals surface area contributed by atoms with E-state index in [2.05, 4.69) is 20.0 Å². The van der Waals surface area contributed by atoms with Gasteiger partial charge in [-0.05, 0) is 12.8 Å². The molecular weight excluding hydrogens is 228 g/mol. The number of aromatic nitrogens is 4. The normalized spacial score (nSPS) is 18.2. The molecule has 6 nitrogen and oxygen atoms in total. The monoisotopic (exact) mass is 246 g/mol. The van der Waals surface area contributed by atoms with Crippen LogP contribution in [-0.2, 0) is 6.54 Å². The fourth-order valence-corrected chi connectivity index (χ4v) is 2.49. The number of nitrogen functional groups attached to an aromatic ring is 1. The topological polar surface area (TPSA) is 75.8 Å². The summed E-state index contributed by atoms with van der Waals surface area (Å²) in [4.78, 5) is 9.82. The Morgan fingerprint density at radius 3 is 2.83 bits per heavy atom. The maximum absolute atomic E-state index is 5.70. The van der Waals surface area contributed by atoms with Crippen molar-refractivity contribution in [2.24, 2.45) is 0 Å². The summed E-state index contributed by atoms with van der Waals surface area (Å²) in [5, 5.41) is 4.29. The minimum absolute atomic E-state index is 0.482. The second kappa shape index (κ2) is 4.81. The molecule has 1 saturated heterocycles. The Morgan fingerprint density at radius 2 is 2.22 bits per heavy atom. The average molecular weight is 246 g/mol. The number of hydrogen-bond donors (Lipinski definition) is 2. The number of nitrogens with two attached hydrogens (primary N) is 1. The van der Waals surface area contributed by atoms with Crippen LogP contribution in [0.25, 0.3) is 0 Å². The molecule has 1 aliphatic heterocycles. The van der Waals surface area contributed by atoms with Gasteiger partial charge in [0.25, 0.3) is 0 Å². The number of hydrogen-bond acceptors (Lipinski definition) is 4. The van der Waals surface area contributed by atoms with E-state index < -0.39 is 0 Å². The first-order valence-corrected chi connectivity index (χ1v) is 6.31. The molecule has 0 bridgehead atoms. The molecule has 6 heteroatoms. The van der Waals surface area contributed by atoms with E-state index in [1.165, 1.54) is 0 Å². The summed E-state index contributed by atoms with van der Waals surface area (Å²) < 4.78 is 2.00. The average Bonchev–Trinajstić information content (AvgIpc) is 3.02.